The summed E-state index contributed by atoms with van der Waals surface area (Å²) in [5.74, 6) is 0. The summed E-state index contributed by atoms with van der Waals surface area (Å²) in [7, 11) is 0. The maximum absolute atomic E-state index is 9.30. The van der Waals surface area contributed by atoms with Crippen molar-refractivity contribution in [3.05, 3.63) is 20.8 Å². The Bertz CT molecular complexity index is 359. The van der Waals surface area contributed by atoms with Crippen molar-refractivity contribution in [1.29, 1.82) is 0 Å². The molecule has 1 rings (SSSR count). The second-order valence-electron chi connectivity index (χ2n) is 4.77. The standard InChI is InChI=1S/C14H25BrN2OS/c1-3-5-8-17(9-10-18)14(11(16)4-2)12-6-7-13(15)19-12/h6-7,11,14,18H,3-5,8-10,16H2,1-2H3. The summed E-state index contributed by atoms with van der Waals surface area (Å²) in [5.41, 5.74) is 6.33. The lowest BCUT2D eigenvalue weighted by Gasteiger charge is -2.34. The van der Waals surface area contributed by atoms with Gasteiger partial charge in [-0.05, 0) is 47.4 Å². The van der Waals surface area contributed by atoms with Crippen LogP contribution in [-0.4, -0.2) is 35.7 Å². The Morgan fingerprint density at radius 1 is 1.37 bits per heavy atom. The minimum Gasteiger partial charge on any atom is -0.395 e. The first kappa shape index (κ1) is 17.1. The van der Waals surface area contributed by atoms with Crippen LogP contribution < -0.4 is 5.73 Å². The third-order valence-electron chi connectivity index (χ3n) is 3.34. The van der Waals surface area contributed by atoms with Crippen molar-refractivity contribution in [2.75, 3.05) is 19.7 Å². The summed E-state index contributed by atoms with van der Waals surface area (Å²) >= 11 is 5.26. The number of halogens is 1. The molecule has 1 heterocycles. The molecule has 0 bridgehead atoms. The number of thiophene rings is 1. The second kappa shape index (κ2) is 9.08. The van der Waals surface area contributed by atoms with Crippen LogP contribution in [0.2, 0.25) is 0 Å². The lowest BCUT2D eigenvalue weighted by Crippen LogP contribution is -2.42. The molecule has 2 atom stereocenters. The Balaban J connectivity index is 2.91. The van der Waals surface area contributed by atoms with Crippen molar-refractivity contribution >= 4 is 27.3 Å². The van der Waals surface area contributed by atoms with E-state index >= 15 is 0 Å². The van der Waals surface area contributed by atoms with Crippen molar-refractivity contribution in [3.63, 3.8) is 0 Å². The molecule has 0 aliphatic carbocycles. The van der Waals surface area contributed by atoms with Crippen LogP contribution >= 0.6 is 27.3 Å². The van der Waals surface area contributed by atoms with Crippen molar-refractivity contribution in [1.82, 2.24) is 4.90 Å². The van der Waals surface area contributed by atoms with E-state index in [9.17, 15) is 5.11 Å². The molecule has 0 saturated heterocycles. The maximum Gasteiger partial charge on any atom is 0.0702 e. The van der Waals surface area contributed by atoms with E-state index in [-0.39, 0.29) is 18.7 Å². The van der Waals surface area contributed by atoms with Crippen LogP contribution in [0, 0.1) is 0 Å². The molecule has 110 valence electrons. The highest BCUT2D eigenvalue weighted by molar-refractivity contribution is 9.11. The molecule has 0 radical (unpaired) electrons. The van der Waals surface area contributed by atoms with Crippen molar-refractivity contribution < 1.29 is 5.11 Å². The fourth-order valence-electron chi connectivity index (χ4n) is 2.25. The van der Waals surface area contributed by atoms with Crippen LogP contribution in [-0.2, 0) is 0 Å². The van der Waals surface area contributed by atoms with Crippen LogP contribution in [0.1, 0.15) is 44.0 Å². The number of hydrogen-bond acceptors (Lipinski definition) is 4. The van der Waals surface area contributed by atoms with Gasteiger partial charge in [-0.25, -0.2) is 0 Å². The summed E-state index contributed by atoms with van der Waals surface area (Å²) in [5, 5.41) is 9.30. The smallest absolute Gasteiger partial charge is 0.0702 e. The van der Waals surface area contributed by atoms with Crippen molar-refractivity contribution in [2.24, 2.45) is 5.73 Å². The third-order valence-corrected chi connectivity index (χ3v) is 5.04. The van der Waals surface area contributed by atoms with E-state index < -0.39 is 0 Å². The highest BCUT2D eigenvalue weighted by Gasteiger charge is 2.26. The zero-order valence-corrected chi connectivity index (χ0v) is 14.2. The summed E-state index contributed by atoms with van der Waals surface area (Å²) < 4.78 is 1.13. The summed E-state index contributed by atoms with van der Waals surface area (Å²) in [4.78, 5) is 3.61. The molecule has 1 aromatic heterocycles. The van der Waals surface area contributed by atoms with Gasteiger partial charge in [-0.3, -0.25) is 4.90 Å². The largest absolute Gasteiger partial charge is 0.395 e. The van der Waals surface area contributed by atoms with Gasteiger partial charge in [0.15, 0.2) is 0 Å². The molecule has 0 aromatic carbocycles. The molecule has 5 heteroatoms. The van der Waals surface area contributed by atoms with Gasteiger partial charge in [0.05, 0.1) is 16.4 Å². The number of rotatable bonds is 9. The topological polar surface area (TPSA) is 49.5 Å². The van der Waals surface area contributed by atoms with E-state index in [4.69, 9.17) is 5.73 Å². The zero-order chi connectivity index (χ0) is 14.3. The van der Waals surface area contributed by atoms with Crippen LogP contribution in [0.25, 0.3) is 0 Å². The Morgan fingerprint density at radius 2 is 2.11 bits per heavy atom. The molecular weight excluding hydrogens is 324 g/mol. The van der Waals surface area contributed by atoms with E-state index in [1.165, 1.54) is 4.88 Å². The zero-order valence-electron chi connectivity index (χ0n) is 11.8. The maximum atomic E-state index is 9.30. The molecule has 0 fully saturated rings. The van der Waals surface area contributed by atoms with E-state index in [0.717, 1.165) is 29.6 Å². The van der Waals surface area contributed by atoms with Gasteiger partial charge >= 0.3 is 0 Å². The van der Waals surface area contributed by atoms with Crippen LogP contribution in [0.4, 0.5) is 0 Å². The molecule has 0 aliphatic rings. The molecule has 3 nitrogen and oxygen atoms in total. The van der Waals surface area contributed by atoms with E-state index in [1.807, 2.05) is 0 Å². The second-order valence-corrected chi connectivity index (χ2v) is 7.27. The van der Waals surface area contributed by atoms with Crippen molar-refractivity contribution in [3.8, 4) is 0 Å². The highest BCUT2D eigenvalue weighted by atomic mass is 79.9. The number of unbranched alkanes of at least 4 members (excludes halogenated alkanes) is 1. The quantitative estimate of drug-likeness (QED) is 0.719. The van der Waals surface area contributed by atoms with E-state index in [0.29, 0.717) is 6.54 Å². The van der Waals surface area contributed by atoms with Crippen LogP contribution in [0.15, 0.2) is 15.9 Å². The first-order valence-corrected chi connectivity index (χ1v) is 8.60. The fourth-order valence-corrected chi connectivity index (χ4v) is 3.89. The number of aliphatic hydroxyl groups is 1. The van der Waals surface area contributed by atoms with Crippen LogP contribution in [0.5, 0.6) is 0 Å². The molecule has 1 aromatic rings. The number of nitrogens with zero attached hydrogens (tertiary/aromatic N) is 1. The summed E-state index contributed by atoms with van der Waals surface area (Å²) in [6, 6.07) is 4.53. The van der Waals surface area contributed by atoms with Gasteiger partial charge in [-0.2, -0.15) is 0 Å². The third kappa shape index (κ3) is 5.16. The first-order valence-electron chi connectivity index (χ1n) is 6.99. The van der Waals surface area contributed by atoms with Gasteiger partial charge in [0.1, 0.15) is 0 Å². The minimum atomic E-state index is 0.106. The lowest BCUT2D eigenvalue weighted by molar-refractivity contribution is 0.132. The SMILES string of the molecule is CCCCN(CCO)C(c1ccc(Br)s1)C(N)CC. The van der Waals surface area contributed by atoms with Gasteiger partial charge in [0.2, 0.25) is 0 Å². The number of hydrogen-bond donors (Lipinski definition) is 2. The van der Waals surface area contributed by atoms with Gasteiger partial charge in [-0.1, -0.05) is 20.3 Å². The number of aliphatic hydroxyl groups excluding tert-OH is 1. The molecule has 0 aliphatic heterocycles. The van der Waals surface area contributed by atoms with Crippen LogP contribution in [0.3, 0.4) is 0 Å². The van der Waals surface area contributed by atoms with Crippen molar-refractivity contribution in [2.45, 2.75) is 45.2 Å². The predicted octanol–water partition coefficient (Wildman–Crippen LogP) is 3.38. The Kier molecular flexibility index (Phi) is 8.18. The summed E-state index contributed by atoms with van der Waals surface area (Å²) in [6.07, 6.45) is 3.23. The number of nitrogens with two attached hydrogens (primary N) is 1. The summed E-state index contributed by atoms with van der Waals surface area (Å²) in [6.45, 7) is 6.17. The molecule has 2 unspecified atom stereocenters. The normalized spacial score (nSPS) is 14.8. The monoisotopic (exact) mass is 348 g/mol. The van der Waals surface area contributed by atoms with Gasteiger partial charge in [0.25, 0.3) is 0 Å². The Morgan fingerprint density at radius 3 is 2.58 bits per heavy atom. The van der Waals surface area contributed by atoms with E-state index in [2.05, 4.69) is 46.8 Å². The molecule has 0 amide bonds. The fraction of sp³-hybridized carbons (Fsp3) is 0.714. The molecule has 3 N–H and O–H groups in total. The van der Waals surface area contributed by atoms with Gasteiger partial charge in [-0.15, -0.1) is 11.3 Å². The average Bonchev–Trinajstić information content (AvgIpc) is 2.82. The minimum absolute atomic E-state index is 0.106. The molecule has 19 heavy (non-hydrogen) atoms. The van der Waals surface area contributed by atoms with Gasteiger partial charge < -0.3 is 10.8 Å². The highest BCUT2D eigenvalue weighted by Crippen LogP contribution is 2.33. The Hall–Kier alpha value is 0.0600. The Labute approximate surface area is 128 Å². The lowest BCUT2D eigenvalue weighted by atomic mass is 10.0. The predicted molar refractivity (Wildman–Crippen MR) is 86.6 cm³/mol. The first-order chi connectivity index (χ1) is 9.13. The van der Waals surface area contributed by atoms with E-state index in [1.54, 1.807) is 11.3 Å². The molecule has 0 spiro atoms. The molecule has 0 saturated carbocycles. The molecular formula is C14H25BrN2OS. The van der Waals surface area contributed by atoms with Gasteiger partial charge in [0, 0.05) is 17.5 Å². The average molecular weight is 349 g/mol.